The van der Waals surface area contributed by atoms with Crippen molar-refractivity contribution in [1.82, 2.24) is 14.9 Å². The molecule has 6 atom stereocenters. The van der Waals surface area contributed by atoms with Crippen LogP contribution in [-0.4, -0.2) is 46.5 Å². The summed E-state index contributed by atoms with van der Waals surface area (Å²) in [5.41, 5.74) is 2.61. The minimum absolute atomic E-state index is 0.0697. The van der Waals surface area contributed by atoms with Gasteiger partial charge >= 0.3 is 0 Å². The summed E-state index contributed by atoms with van der Waals surface area (Å²) in [6, 6.07) is 8.20. The van der Waals surface area contributed by atoms with Gasteiger partial charge in [0.1, 0.15) is 5.82 Å². The second kappa shape index (κ2) is 8.56. The molecule has 6 heteroatoms. The molecule has 6 rings (SSSR count). The number of carbonyl (C=O) groups excluding carboxylic acids is 1. The molecule has 2 N–H and O–H groups in total. The summed E-state index contributed by atoms with van der Waals surface area (Å²) in [5.74, 6) is 5.09. The molecule has 1 saturated heterocycles. The summed E-state index contributed by atoms with van der Waals surface area (Å²) in [5, 5.41) is 6.43. The van der Waals surface area contributed by atoms with E-state index in [1.165, 1.54) is 52.2 Å². The van der Waals surface area contributed by atoms with Crippen molar-refractivity contribution in [2.45, 2.75) is 38.6 Å². The van der Waals surface area contributed by atoms with Crippen LogP contribution in [0, 0.1) is 29.6 Å². The highest BCUT2D eigenvalue weighted by atomic mass is 16.1. The molecule has 3 fully saturated rings. The molecule has 172 valence electrons. The number of hydrogen-bond acceptors (Lipinski definition) is 5. The molecule has 4 aliphatic rings. The molecule has 1 aliphatic heterocycles. The number of allylic oxidation sites excluding steroid dienone is 2. The molecule has 1 amide bonds. The third-order valence-corrected chi connectivity index (χ3v) is 8.24. The SMILES string of the molecule is CC(=O)Nc1ccc(-c2cnc(N[C@H]3C[C@@H]4CN(CC5CC6C=CC5C6)C[C@@H]4C3)cn2)cc1. The Balaban J connectivity index is 0.999. The number of carbonyl (C=O) groups is 1. The molecule has 2 aromatic rings. The van der Waals surface area contributed by atoms with Gasteiger partial charge in [-0.15, -0.1) is 0 Å². The Hall–Kier alpha value is -2.73. The number of aromatic nitrogens is 2. The number of hydrogen-bond donors (Lipinski definition) is 2. The van der Waals surface area contributed by atoms with Gasteiger partial charge in [0, 0.05) is 43.9 Å². The summed E-state index contributed by atoms with van der Waals surface area (Å²) in [4.78, 5) is 23.2. The molecule has 0 spiro atoms. The molecule has 0 radical (unpaired) electrons. The zero-order chi connectivity index (χ0) is 22.4. The lowest BCUT2D eigenvalue weighted by atomic mass is 9.93. The number of nitrogens with zero attached hydrogens (tertiary/aromatic N) is 3. The third kappa shape index (κ3) is 4.41. The normalized spacial score (nSPS) is 32.3. The van der Waals surface area contributed by atoms with Gasteiger partial charge < -0.3 is 15.5 Å². The van der Waals surface area contributed by atoms with E-state index >= 15 is 0 Å². The summed E-state index contributed by atoms with van der Waals surface area (Å²) < 4.78 is 0. The highest BCUT2D eigenvalue weighted by molar-refractivity contribution is 5.88. The van der Waals surface area contributed by atoms with Crippen LogP contribution in [0.1, 0.15) is 32.6 Å². The number of amides is 1. The number of anilines is 2. The maximum Gasteiger partial charge on any atom is 0.221 e. The van der Waals surface area contributed by atoms with E-state index in [9.17, 15) is 4.79 Å². The van der Waals surface area contributed by atoms with Crippen molar-refractivity contribution in [3.8, 4) is 11.3 Å². The number of nitrogens with one attached hydrogen (secondary N) is 2. The van der Waals surface area contributed by atoms with Gasteiger partial charge in [0.05, 0.1) is 18.1 Å². The summed E-state index contributed by atoms with van der Waals surface area (Å²) >= 11 is 0. The topological polar surface area (TPSA) is 70.2 Å². The molecule has 3 unspecified atom stereocenters. The van der Waals surface area contributed by atoms with Crippen molar-refractivity contribution in [1.29, 1.82) is 0 Å². The van der Waals surface area contributed by atoms with Crippen molar-refractivity contribution < 1.29 is 4.79 Å². The second-order valence-electron chi connectivity index (χ2n) is 10.6. The Kier molecular flexibility index (Phi) is 5.41. The average Bonchev–Trinajstić information content (AvgIpc) is 3.56. The van der Waals surface area contributed by atoms with Crippen LogP contribution in [-0.2, 0) is 4.79 Å². The Morgan fingerprint density at radius 1 is 1.00 bits per heavy atom. The van der Waals surface area contributed by atoms with E-state index in [2.05, 4.69) is 37.7 Å². The van der Waals surface area contributed by atoms with Gasteiger partial charge in [-0.05, 0) is 67.4 Å². The van der Waals surface area contributed by atoms with Crippen LogP contribution in [0.4, 0.5) is 11.5 Å². The van der Waals surface area contributed by atoms with E-state index in [1.54, 1.807) is 0 Å². The van der Waals surface area contributed by atoms with E-state index in [4.69, 9.17) is 0 Å². The number of rotatable bonds is 6. The summed E-state index contributed by atoms with van der Waals surface area (Å²) in [6.07, 6.45) is 13.9. The predicted octanol–water partition coefficient (Wildman–Crippen LogP) is 4.44. The van der Waals surface area contributed by atoms with Crippen molar-refractivity contribution in [2.24, 2.45) is 29.6 Å². The van der Waals surface area contributed by atoms with Gasteiger partial charge in [-0.2, -0.15) is 0 Å². The first-order valence-electron chi connectivity index (χ1n) is 12.5. The molecule has 2 heterocycles. The number of benzene rings is 1. The van der Waals surface area contributed by atoms with Crippen LogP contribution >= 0.6 is 0 Å². The lowest BCUT2D eigenvalue weighted by Crippen LogP contribution is -2.31. The first-order chi connectivity index (χ1) is 16.1. The van der Waals surface area contributed by atoms with Gasteiger partial charge in [-0.3, -0.25) is 9.78 Å². The predicted molar refractivity (Wildman–Crippen MR) is 131 cm³/mol. The van der Waals surface area contributed by atoms with E-state index < -0.39 is 0 Å². The molecular weight excluding hydrogens is 410 g/mol. The summed E-state index contributed by atoms with van der Waals surface area (Å²) in [7, 11) is 0. The number of fused-ring (bicyclic) bond motifs is 3. The second-order valence-corrected chi connectivity index (χ2v) is 10.6. The molecule has 2 saturated carbocycles. The summed E-state index contributed by atoms with van der Waals surface area (Å²) in [6.45, 7) is 5.38. The van der Waals surface area contributed by atoms with Crippen molar-refractivity contribution in [3.63, 3.8) is 0 Å². The fraction of sp³-hybridized carbons (Fsp3) is 0.519. The van der Waals surface area contributed by atoms with Gasteiger partial charge in [0.15, 0.2) is 0 Å². The fourth-order valence-electron chi connectivity index (χ4n) is 6.79. The highest BCUT2D eigenvalue weighted by Gasteiger charge is 2.43. The van der Waals surface area contributed by atoms with Crippen LogP contribution in [0.3, 0.4) is 0 Å². The van der Waals surface area contributed by atoms with Crippen molar-refractivity contribution in [3.05, 3.63) is 48.8 Å². The standard InChI is InChI=1S/C27H33N5O/c1-17(33)30-24-6-4-19(5-7-24)26-12-29-27(13-28-26)31-25-10-22-15-32(16-23(22)11-25)14-21-9-18-2-3-20(21)8-18/h2-7,12-13,18,20-23,25H,8-11,14-16H2,1H3,(H,29,31)(H,30,33)/t18?,20?,21?,22-,23+,25+. The molecule has 33 heavy (non-hydrogen) atoms. The first-order valence-corrected chi connectivity index (χ1v) is 12.5. The minimum Gasteiger partial charge on any atom is -0.366 e. The van der Waals surface area contributed by atoms with Gasteiger partial charge in [-0.1, -0.05) is 24.3 Å². The Labute approximate surface area is 195 Å². The quantitative estimate of drug-likeness (QED) is 0.646. The zero-order valence-corrected chi connectivity index (χ0v) is 19.3. The maximum absolute atomic E-state index is 11.2. The van der Waals surface area contributed by atoms with E-state index in [1.807, 2.05) is 36.7 Å². The Morgan fingerprint density at radius 3 is 2.39 bits per heavy atom. The Bertz CT molecular complexity index is 1020. The van der Waals surface area contributed by atoms with Gasteiger partial charge in [0.2, 0.25) is 5.91 Å². The third-order valence-electron chi connectivity index (χ3n) is 8.24. The highest BCUT2D eigenvalue weighted by Crippen LogP contribution is 2.45. The van der Waals surface area contributed by atoms with Crippen LogP contribution < -0.4 is 10.6 Å². The monoisotopic (exact) mass is 443 g/mol. The van der Waals surface area contributed by atoms with Crippen LogP contribution in [0.15, 0.2) is 48.8 Å². The van der Waals surface area contributed by atoms with Gasteiger partial charge in [-0.25, -0.2) is 4.98 Å². The lowest BCUT2D eigenvalue weighted by Gasteiger charge is -2.26. The minimum atomic E-state index is -0.0697. The average molecular weight is 444 g/mol. The smallest absolute Gasteiger partial charge is 0.221 e. The van der Waals surface area contributed by atoms with E-state index in [-0.39, 0.29) is 5.91 Å². The molecule has 1 aromatic heterocycles. The lowest BCUT2D eigenvalue weighted by molar-refractivity contribution is -0.114. The maximum atomic E-state index is 11.2. The molecule has 3 aliphatic carbocycles. The first kappa shape index (κ1) is 20.8. The Morgan fingerprint density at radius 2 is 1.79 bits per heavy atom. The molecule has 1 aromatic carbocycles. The molecule has 6 nitrogen and oxygen atoms in total. The van der Waals surface area contributed by atoms with Gasteiger partial charge in [0.25, 0.3) is 0 Å². The largest absolute Gasteiger partial charge is 0.366 e. The zero-order valence-electron chi connectivity index (χ0n) is 19.3. The molecule has 2 bridgehead atoms. The fourth-order valence-corrected chi connectivity index (χ4v) is 6.79. The molecular formula is C27H33N5O. The number of likely N-dealkylation sites (tertiary alicyclic amines) is 1. The van der Waals surface area contributed by atoms with E-state index in [0.29, 0.717) is 6.04 Å². The van der Waals surface area contributed by atoms with Crippen molar-refractivity contribution in [2.75, 3.05) is 30.3 Å². The van der Waals surface area contributed by atoms with Crippen molar-refractivity contribution >= 4 is 17.4 Å². The van der Waals surface area contributed by atoms with Crippen LogP contribution in [0.5, 0.6) is 0 Å². The van der Waals surface area contributed by atoms with Crippen LogP contribution in [0.25, 0.3) is 11.3 Å². The van der Waals surface area contributed by atoms with E-state index in [0.717, 1.165) is 52.4 Å². The van der Waals surface area contributed by atoms with Crippen LogP contribution in [0.2, 0.25) is 0 Å².